The van der Waals surface area contributed by atoms with Gasteiger partial charge in [0.2, 0.25) is 5.75 Å². The molecule has 2 aliphatic rings. The maximum absolute atomic E-state index is 11.9. The van der Waals surface area contributed by atoms with Gasteiger partial charge < -0.3 is 19.6 Å². The van der Waals surface area contributed by atoms with E-state index >= 15 is 0 Å². The van der Waals surface area contributed by atoms with Gasteiger partial charge in [-0.1, -0.05) is 36.1 Å². The molecule has 0 bridgehead atoms. The molecule has 0 radical (unpaired) electrons. The number of aromatic nitrogens is 2. The van der Waals surface area contributed by atoms with Gasteiger partial charge >= 0.3 is 0 Å². The van der Waals surface area contributed by atoms with Gasteiger partial charge in [-0.2, -0.15) is 0 Å². The minimum absolute atomic E-state index is 0.0631. The molecule has 8 heteroatoms. The Kier molecular flexibility index (Phi) is 8.20. The van der Waals surface area contributed by atoms with Crippen molar-refractivity contribution in [2.75, 3.05) is 46.9 Å². The third kappa shape index (κ3) is 6.32. The minimum atomic E-state index is -0.518. The van der Waals surface area contributed by atoms with Crippen LogP contribution in [0.2, 0.25) is 0 Å². The molecule has 1 atom stereocenters. The fourth-order valence-corrected chi connectivity index (χ4v) is 4.97. The summed E-state index contributed by atoms with van der Waals surface area (Å²) in [5.41, 5.74) is 4.20. The summed E-state index contributed by atoms with van der Waals surface area (Å²) >= 11 is 0. The van der Waals surface area contributed by atoms with E-state index < -0.39 is 5.56 Å². The lowest BCUT2D eigenvalue weighted by Gasteiger charge is -2.40. The number of methoxy groups -OCH3 is 2. The molecule has 3 heterocycles. The van der Waals surface area contributed by atoms with Crippen molar-refractivity contribution in [1.82, 2.24) is 19.8 Å². The summed E-state index contributed by atoms with van der Waals surface area (Å²) in [6.07, 6.45) is 2.43. The number of rotatable bonds is 9. The predicted molar refractivity (Wildman–Crippen MR) is 145 cm³/mol. The Bertz CT molecular complexity index is 1330. The van der Waals surface area contributed by atoms with Crippen molar-refractivity contribution in [3.8, 4) is 17.6 Å². The first-order chi connectivity index (χ1) is 18.5. The molecule has 0 unspecified atom stereocenters. The summed E-state index contributed by atoms with van der Waals surface area (Å²) in [7, 11) is 3.50. The molecule has 8 nitrogen and oxygen atoms in total. The molecule has 2 saturated heterocycles. The highest BCUT2D eigenvalue weighted by Gasteiger charge is 2.29. The summed E-state index contributed by atoms with van der Waals surface area (Å²) < 4.78 is 10.8. The first-order valence-electron chi connectivity index (χ1n) is 13.0. The van der Waals surface area contributed by atoms with E-state index in [-0.39, 0.29) is 17.8 Å². The van der Waals surface area contributed by atoms with Crippen LogP contribution in [0.3, 0.4) is 0 Å². The highest BCUT2D eigenvalue weighted by molar-refractivity contribution is 5.44. The van der Waals surface area contributed by atoms with Crippen LogP contribution in [0.25, 0.3) is 0 Å². The van der Waals surface area contributed by atoms with Crippen molar-refractivity contribution < 1.29 is 14.6 Å². The Morgan fingerprint density at radius 1 is 0.947 bits per heavy atom. The van der Waals surface area contributed by atoms with Crippen molar-refractivity contribution in [1.29, 1.82) is 0 Å². The van der Waals surface area contributed by atoms with Gasteiger partial charge in [-0.15, -0.1) is 0 Å². The zero-order chi connectivity index (χ0) is 26.5. The lowest BCUT2D eigenvalue weighted by Crippen LogP contribution is -2.53. The number of aromatic hydroxyl groups is 1. The van der Waals surface area contributed by atoms with Crippen LogP contribution in [0.5, 0.6) is 5.75 Å². The highest BCUT2D eigenvalue weighted by Crippen LogP contribution is 2.26. The molecule has 2 N–H and O–H groups in total. The fourth-order valence-electron chi connectivity index (χ4n) is 4.97. The van der Waals surface area contributed by atoms with E-state index in [0.717, 1.165) is 56.0 Å². The van der Waals surface area contributed by atoms with Crippen LogP contribution in [0.4, 0.5) is 0 Å². The van der Waals surface area contributed by atoms with Gasteiger partial charge in [0, 0.05) is 77.0 Å². The fraction of sp³-hybridized carbons (Fsp3) is 0.400. The number of nitrogens with zero attached hydrogens (tertiary/aromatic N) is 3. The van der Waals surface area contributed by atoms with E-state index in [0.29, 0.717) is 18.2 Å². The Morgan fingerprint density at radius 3 is 2.13 bits per heavy atom. The largest absolute Gasteiger partial charge is 0.502 e. The number of benzene rings is 2. The van der Waals surface area contributed by atoms with Crippen LogP contribution >= 0.6 is 0 Å². The van der Waals surface area contributed by atoms with Crippen molar-refractivity contribution in [3.63, 3.8) is 0 Å². The molecular weight excluding hydrogens is 480 g/mol. The highest BCUT2D eigenvalue weighted by atomic mass is 16.5. The quantitative estimate of drug-likeness (QED) is 0.424. The van der Waals surface area contributed by atoms with E-state index in [1.165, 1.54) is 11.9 Å². The maximum atomic E-state index is 11.9. The summed E-state index contributed by atoms with van der Waals surface area (Å²) in [4.78, 5) is 23.2. The second-order valence-corrected chi connectivity index (χ2v) is 10.1. The number of aromatic amines is 1. The molecular formula is C30H34N4O4. The number of nitrogens with one attached hydrogen (secondary N) is 1. The Labute approximate surface area is 223 Å². The molecule has 2 aliphatic heterocycles. The molecule has 5 rings (SSSR count). The van der Waals surface area contributed by atoms with Crippen molar-refractivity contribution in [3.05, 3.63) is 93.2 Å². The average molecular weight is 515 g/mol. The van der Waals surface area contributed by atoms with Crippen LogP contribution in [0.15, 0.2) is 59.7 Å². The first kappa shape index (κ1) is 26.1. The predicted octanol–water partition coefficient (Wildman–Crippen LogP) is 2.36. The number of hydrogen-bond acceptors (Lipinski definition) is 7. The third-order valence-corrected chi connectivity index (χ3v) is 7.43. The third-order valence-electron chi connectivity index (χ3n) is 7.43. The number of likely N-dealkylation sites (tertiary alicyclic amines) is 2. The molecule has 3 aromatic rings. The van der Waals surface area contributed by atoms with E-state index in [1.807, 2.05) is 12.1 Å². The topological polar surface area (TPSA) is 90.9 Å². The maximum Gasteiger partial charge on any atom is 0.293 e. The van der Waals surface area contributed by atoms with Gasteiger partial charge in [0.25, 0.3) is 5.56 Å². The van der Waals surface area contributed by atoms with E-state index in [1.54, 1.807) is 14.2 Å². The smallest absolute Gasteiger partial charge is 0.293 e. The molecule has 2 aromatic carbocycles. The molecule has 38 heavy (non-hydrogen) atoms. The zero-order valence-corrected chi connectivity index (χ0v) is 21.9. The number of ether oxygens (including phenoxy) is 2. The summed E-state index contributed by atoms with van der Waals surface area (Å²) in [6.45, 7) is 5.44. The second kappa shape index (κ2) is 11.9. The van der Waals surface area contributed by atoms with Gasteiger partial charge in [-0.05, 0) is 35.4 Å². The Morgan fingerprint density at radius 2 is 1.53 bits per heavy atom. The Balaban J connectivity index is 1.24. The lowest BCUT2D eigenvalue weighted by atomic mass is 9.91. The normalized spacial score (nSPS) is 17.3. The number of hydrogen-bond donors (Lipinski definition) is 2. The van der Waals surface area contributed by atoms with Gasteiger partial charge in [0.15, 0.2) is 0 Å². The summed E-state index contributed by atoms with van der Waals surface area (Å²) in [6, 6.07) is 16.6. The second-order valence-electron chi connectivity index (χ2n) is 10.1. The average Bonchev–Trinajstić information content (AvgIpc) is 2.89. The molecule has 0 aliphatic carbocycles. The monoisotopic (exact) mass is 514 g/mol. The van der Waals surface area contributed by atoms with Crippen molar-refractivity contribution >= 4 is 0 Å². The molecule has 2 fully saturated rings. The molecule has 198 valence electrons. The molecule has 0 spiro atoms. The van der Waals surface area contributed by atoms with E-state index in [2.05, 4.69) is 68.0 Å². The minimum Gasteiger partial charge on any atom is -0.502 e. The molecule has 0 amide bonds. The van der Waals surface area contributed by atoms with Crippen LogP contribution in [-0.4, -0.2) is 84.0 Å². The molecule has 1 aromatic heterocycles. The SMILES string of the molecule is COC1CN(Cc2ccc(C#Cc3ccc([C@H](Cc4nc[nH]c(=O)c4O)CN4CC(OC)C4)cc3)cc2)C1. The van der Waals surface area contributed by atoms with Crippen LogP contribution in [0.1, 0.15) is 33.9 Å². The van der Waals surface area contributed by atoms with E-state index in [9.17, 15) is 9.90 Å². The van der Waals surface area contributed by atoms with E-state index in [4.69, 9.17) is 9.47 Å². The van der Waals surface area contributed by atoms with Crippen LogP contribution in [0, 0.1) is 11.8 Å². The standard InChI is InChI=1S/C30H34N4O4/c1-37-26-16-33(17-26)14-23-7-5-21(6-8-23)3-4-22-9-11-24(12-10-22)25(15-34-18-27(19-34)38-2)13-28-29(35)30(36)32-20-31-28/h5-12,20,25-27,35H,13-19H2,1-2H3,(H,31,32,36)/t25-/m1/s1. The zero-order valence-electron chi connectivity index (χ0n) is 21.9. The van der Waals surface area contributed by atoms with Gasteiger partial charge in [-0.25, -0.2) is 4.98 Å². The first-order valence-corrected chi connectivity index (χ1v) is 13.0. The van der Waals surface area contributed by atoms with Crippen LogP contribution < -0.4 is 5.56 Å². The summed E-state index contributed by atoms with van der Waals surface area (Å²) in [5.74, 6) is 6.28. The van der Waals surface area contributed by atoms with Gasteiger partial charge in [0.05, 0.1) is 24.2 Å². The lowest BCUT2D eigenvalue weighted by molar-refractivity contribution is -0.0334. The van der Waals surface area contributed by atoms with Crippen LogP contribution in [-0.2, 0) is 22.4 Å². The van der Waals surface area contributed by atoms with Crippen molar-refractivity contribution in [2.24, 2.45) is 0 Å². The van der Waals surface area contributed by atoms with Gasteiger partial charge in [-0.3, -0.25) is 14.6 Å². The Hall–Kier alpha value is -3.48. The number of H-pyrrole nitrogens is 1. The summed E-state index contributed by atoms with van der Waals surface area (Å²) in [5, 5.41) is 10.2. The van der Waals surface area contributed by atoms with Gasteiger partial charge in [0.1, 0.15) is 0 Å². The molecule has 0 saturated carbocycles. The van der Waals surface area contributed by atoms with Crippen molar-refractivity contribution in [2.45, 2.75) is 31.1 Å².